The van der Waals surface area contributed by atoms with Crippen molar-refractivity contribution in [2.75, 3.05) is 47.1 Å². The molecule has 0 aliphatic carbocycles. The van der Waals surface area contributed by atoms with E-state index < -0.39 is 12.0 Å². The summed E-state index contributed by atoms with van der Waals surface area (Å²) in [5, 5.41) is 16.7. The second-order valence-corrected chi connectivity index (χ2v) is 4.71. The Hall–Kier alpha value is -1.71. The van der Waals surface area contributed by atoms with Crippen LogP contribution in [0.2, 0.25) is 0 Å². The van der Waals surface area contributed by atoms with Crippen molar-refractivity contribution in [3.63, 3.8) is 0 Å². The minimum absolute atomic E-state index is 0.0531. The second-order valence-electron chi connectivity index (χ2n) is 4.71. The molecular formula is C14H27N3O6. The Morgan fingerprint density at radius 1 is 1.09 bits per heavy atom. The van der Waals surface area contributed by atoms with Crippen molar-refractivity contribution in [1.29, 1.82) is 0 Å². The highest BCUT2D eigenvalue weighted by molar-refractivity contribution is 5.83. The maximum Gasteiger partial charge on any atom is 0.308 e. The maximum absolute atomic E-state index is 11.8. The number of nitrogens with one attached hydrogen (secondary N) is 3. The first-order valence-electron chi connectivity index (χ1n) is 7.52. The van der Waals surface area contributed by atoms with Gasteiger partial charge in [-0.25, -0.2) is 0 Å². The van der Waals surface area contributed by atoms with Crippen LogP contribution in [0, 0.1) is 0 Å². The van der Waals surface area contributed by atoms with Crippen LogP contribution in [0.4, 0.5) is 0 Å². The summed E-state index contributed by atoms with van der Waals surface area (Å²) < 4.78 is 9.61. The van der Waals surface area contributed by atoms with E-state index in [-0.39, 0.29) is 44.4 Å². The fraction of sp³-hybridized carbons (Fsp3) is 0.786. The molecule has 0 rings (SSSR count). The molecule has 2 amide bonds. The lowest BCUT2D eigenvalue weighted by Gasteiger charge is -2.15. The fourth-order valence-electron chi connectivity index (χ4n) is 1.69. The van der Waals surface area contributed by atoms with E-state index in [0.717, 1.165) is 0 Å². The van der Waals surface area contributed by atoms with Crippen molar-refractivity contribution in [2.45, 2.75) is 25.3 Å². The number of hydrogen-bond acceptors (Lipinski definition) is 7. The molecule has 0 aliphatic rings. The number of aliphatic hydroxyl groups excluding tert-OH is 1. The van der Waals surface area contributed by atoms with Crippen LogP contribution >= 0.6 is 0 Å². The van der Waals surface area contributed by atoms with Gasteiger partial charge in [0, 0.05) is 20.1 Å². The zero-order valence-corrected chi connectivity index (χ0v) is 13.7. The summed E-state index contributed by atoms with van der Waals surface area (Å²) >= 11 is 0. The number of amides is 2. The molecule has 0 aliphatic heterocycles. The highest BCUT2D eigenvalue weighted by Gasteiger charge is 2.17. The first-order chi connectivity index (χ1) is 11.0. The van der Waals surface area contributed by atoms with Gasteiger partial charge in [0.15, 0.2) is 0 Å². The van der Waals surface area contributed by atoms with Crippen molar-refractivity contribution in [3.8, 4) is 0 Å². The molecule has 0 radical (unpaired) electrons. The minimum Gasteiger partial charge on any atom is -0.464 e. The molecule has 0 bridgehead atoms. The van der Waals surface area contributed by atoms with E-state index in [1.165, 1.54) is 0 Å². The van der Waals surface area contributed by atoms with E-state index in [4.69, 9.17) is 14.6 Å². The number of likely N-dealkylation sites (N-methyl/N-ethyl adjacent to an activating group) is 1. The summed E-state index contributed by atoms with van der Waals surface area (Å²) in [6.07, 6.45) is 0.467. The van der Waals surface area contributed by atoms with E-state index in [9.17, 15) is 14.4 Å². The van der Waals surface area contributed by atoms with Crippen LogP contribution in [0.3, 0.4) is 0 Å². The van der Waals surface area contributed by atoms with Gasteiger partial charge >= 0.3 is 5.97 Å². The summed E-state index contributed by atoms with van der Waals surface area (Å²) in [6.45, 7) is 0.831. The fourth-order valence-corrected chi connectivity index (χ4v) is 1.69. The van der Waals surface area contributed by atoms with Crippen LogP contribution in [0.25, 0.3) is 0 Å². The predicted molar refractivity (Wildman–Crippen MR) is 82.6 cm³/mol. The van der Waals surface area contributed by atoms with Gasteiger partial charge in [-0.2, -0.15) is 0 Å². The molecule has 0 aromatic rings. The molecule has 0 spiro atoms. The van der Waals surface area contributed by atoms with Crippen molar-refractivity contribution in [2.24, 2.45) is 0 Å². The van der Waals surface area contributed by atoms with Gasteiger partial charge < -0.3 is 30.5 Å². The zero-order valence-electron chi connectivity index (χ0n) is 13.7. The van der Waals surface area contributed by atoms with Crippen LogP contribution in [-0.2, 0) is 23.9 Å². The normalized spacial score (nSPS) is 11.6. The van der Waals surface area contributed by atoms with Crippen LogP contribution in [0.5, 0.6) is 0 Å². The third-order valence-corrected chi connectivity index (χ3v) is 2.93. The molecule has 134 valence electrons. The number of esters is 1. The second kappa shape index (κ2) is 13.9. The summed E-state index contributed by atoms with van der Waals surface area (Å²) in [6, 6.07) is -0.458. The molecule has 0 aromatic heterocycles. The predicted octanol–water partition coefficient (Wildman–Crippen LogP) is -1.84. The molecule has 0 heterocycles. The number of methoxy groups -OCH3 is 1. The van der Waals surface area contributed by atoms with E-state index in [1.54, 1.807) is 14.2 Å². The number of ether oxygens (including phenoxy) is 2. The molecule has 0 saturated carbocycles. The molecule has 1 atom stereocenters. The Labute approximate surface area is 136 Å². The Kier molecular flexibility index (Phi) is 12.9. The van der Waals surface area contributed by atoms with Crippen LogP contribution in [0.1, 0.15) is 19.3 Å². The quantitative estimate of drug-likeness (QED) is 0.230. The molecular weight excluding hydrogens is 306 g/mol. The third-order valence-electron chi connectivity index (χ3n) is 2.93. The Morgan fingerprint density at radius 3 is 2.39 bits per heavy atom. The largest absolute Gasteiger partial charge is 0.464 e. The van der Waals surface area contributed by atoms with Gasteiger partial charge in [-0.15, -0.1) is 0 Å². The molecule has 1 unspecified atom stereocenters. The molecule has 4 N–H and O–H groups in total. The Bertz CT molecular complexity index is 364. The lowest BCUT2D eigenvalue weighted by atomic mass is 10.1. The van der Waals surface area contributed by atoms with Gasteiger partial charge in [-0.1, -0.05) is 0 Å². The summed E-state index contributed by atoms with van der Waals surface area (Å²) in [7, 11) is 3.20. The molecule has 0 saturated heterocycles. The Morgan fingerprint density at radius 2 is 1.78 bits per heavy atom. The molecule has 0 fully saturated rings. The minimum atomic E-state index is -0.510. The maximum atomic E-state index is 11.8. The highest BCUT2D eigenvalue weighted by Crippen LogP contribution is 1.97. The highest BCUT2D eigenvalue weighted by atomic mass is 16.5. The van der Waals surface area contributed by atoms with E-state index in [1.807, 2.05) is 0 Å². The summed E-state index contributed by atoms with van der Waals surface area (Å²) in [4.78, 5) is 34.4. The topological polar surface area (TPSA) is 126 Å². The standard InChI is InChI=1S/C14H27N3O6/c1-15-11(14(21)17-6-9-22-2)3-4-12(19)16-7-10-23-13(20)5-8-18/h11,15,18H,3-10H2,1-2H3,(H,16,19)(H,17,21). The number of carbonyl (C=O) groups is 3. The molecule has 23 heavy (non-hydrogen) atoms. The van der Waals surface area contributed by atoms with E-state index >= 15 is 0 Å². The molecule has 0 aromatic carbocycles. The van der Waals surface area contributed by atoms with Gasteiger partial charge in [0.1, 0.15) is 6.61 Å². The van der Waals surface area contributed by atoms with Gasteiger partial charge in [0.25, 0.3) is 0 Å². The molecule has 9 heteroatoms. The number of rotatable bonds is 13. The number of hydrogen-bond donors (Lipinski definition) is 4. The van der Waals surface area contributed by atoms with Crippen molar-refractivity contribution < 1.29 is 29.0 Å². The third kappa shape index (κ3) is 11.5. The average molecular weight is 333 g/mol. The van der Waals surface area contributed by atoms with E-state index in [0.29, 0.717) is 19.6 Å². The van der Waals surface area contributed by atoms with Crippen LogP contribution < -0.4 is 16.0 Å². The Balaban J connectivity index is 3.83. The summed E-state index contributed by atoms with van der Waals surface area (Å²) in [5.74, 6) is -0.923. The van der Waals surface area contributed by atoms with Gasteiger partial charge in [-0.05, 0) is 13.5 Å². The first-order valence-corrected chi connectivity index (χ1v) is 7.52. The first kappa shape index (κ1) is 21.3. The monoisotopic (exact) mass is 333 g/mol. The average Bonchev–Trinajstić information content (AvgIpc) is 2.52. The zero-order chi connectivity index (χ0) is 17.5. The van der Waals surface area contributed by atoms with Gasteiger partial charge in [0.05, 0.1) is 32.2 Å². The van der Waals surface area contributed by atoms with Crippen LogP contribution in [0.15, 0.2) is 0 Å². The summed E-state index contributed by atoms with van der Waals surface area (Å²) in [5.41, 5.74) is 0. The van der Waals surface area contributed by atoms with Crippen molar-refractivity contribution in [3.05, 3.63) is 0 Å². The smallest absolute Gasteiger partial charge is 0.308 e. The molecule has 9 nitrogen and oxygen atoms in total. The number of aliphatic hydroxyl groups is 1. The van der Waals surface area contributed by atoms with Gasteiger partial charge in [0.2, 0.25) is 11.8 Å². The lowest BCUT2D eigenvalue weighted by Crippen LogP contribution is -2.44. The van der Waals surface area contributed by atoms with E-state index in [2.05, 4.69) is 16.0 Å². The SMILES string of the molecule is CNC(CCC(=O)NCCOC(=O)CCO)C(=O)NCCOC. The van der Waals surface area contributed by atoms with Gasteiger partial charge in [-0.3, -0.25) is 14.4 Å². The van der Waals surface area contributed by atoms with Crippen LogP contribution in [-0.4, -0.2) is 76.0 Å². The van der Waals surface area contributed by atoms with Crippen molar-refractivity contribution in [1.82, 2.24) is 16.0 Å². The number of carbonyl (C=O) groups excluding carboxylic acids is 3. The van der Waals surface area contributed by atoms with Crippen molar-refractivity contribution >= 4 is 17.8 Å². The lowest BCUT2D eigenvalue weighted by molar-refractivity contribution is -0.144.